The Morgan fingerprint density at radius 1 is 1.32 bits per heavy atom. The third kappa shape index (κ3) is 2.42. The number of nitrogens with zero attached hydrogens (tertiary/aromatic N) is 4. The third-order valence-corrected chi connectivity index (χ3v) is 6.29. The van der Waals surface area contributed by atoms with Crippen LogP contribution in [0.25, 0.3) is 0 Å². The fraction of sp³-hybridized carbons (Fsp3) is 0.529. The van der Waals surface area contributed by atoms with Crippen LogP contribution in [0.1, 0.15) is 12.0 Å². The molecule has 0 spiro atoms. The Balaban J connectivity index is 1.65. The number of pyridine rings is 1. The van der Waals surface area contributed by atoms with Gasteiger partial charge in [0.05, 0.1) is 40.5 Å². The number of halogens is 4. The Morgan fingerprint density at radius 2 is 1.93 bits per heavy atom. The Bertz CT molecular complexity index is 918. The molecule has 0 unspecified atom stereocenters. The highest BCUT2D eigenvalue weighted by molar-refractivity contribution is 6.33. The zero-order valence-corrected chi connectivity index (χ0v) is 15.1. The first-order valence-corrected chi connectivity index (χ1v) is 8.87. The molecule has 2 heterocycles. The van der Waals surface area contributed by atoms with E-state index in [1.807, 2.05) is 6.07 Å². The van der Waals surface area contributed by atoms with Gasteiger partial charge in [0, 0.05) is 13.2 Å². The van der Waals surface area contributed by atoms with Crippen LogP contribution in [0.5, 0.6) is 0 Å². The molecule has 1 saturated heterocycles. The van der Waals surface area contributed by atoms with E-state index in [1.165, 1.54) is 7.05 Å². The zero-order chi connectivity index (χ0) is 20.5. The topological polar surface area (TPSA) is 97.5 Å². The number of carbonyl (C=O) groups is 2. The average molecular weight is 415 g/mol. The van der Waals surface area contributed by atoms with Crippen LogP contribution in [0.2, 0.25) is 5.02 Å². The first-order chi connectivity index (χ1) is 13.1. The molecule has 148 valence electrons. The second-order valence-corrected chi connectivity index (χ2v) is 7.71. The predicted octanol–water partition coefficient (Wildman–Crippen LogP) is 1.86. The van der Waals surface area contributed by atoms with E-state index in [0.717, 1.165) is 10.0 Å². The van der Waals surface area contributed by atoms with Crippen LogP contribution in [0.15, 0.2) is 12.3 Å². The van der Waals surface area contributed by atoms with Crippen molar-refractivity contribution in [3.8, 4) is 6.07 Å². The molecule has 2 saturated carbocycles. The van der Waals surface area contributed by atoms with Crippen molar-refractivity contribution in [1.82, 2.24) is 9.99 Å². The summed E-state index contributed by atoms with van der Waals surface area (Å²) in [6.07, 6.45) is -4.62. The minimum absolute atomic E-state index is 0.180. The molecule has 11 heteroatoms. The maximum Gasteiger partial charge on any atom is 0.417 e. The number of anilines is 1. The number of amides is 2. The lowest BCUT2D eigenvalue weighted by Gasteiger charge is -2.29. The fourth-order valence-corrected chi connectivity index (χ4v) is 5.12. The average Bonchev–Trinajstić information content (AvgIpc) is 3.23. The normalized spacial score (nSPS) is 34.0. The molecule has 3 fully saturated rings. The summed E-state index contributed by atoms with van der Waals surface area (Å²) in [6.45, 7) is 0. The Hall–Kier alpha value is -2.38. The predicted molar refractivity (Wildman–Crippen MR) is 88.2 cm³/mol. The Labute approximate surface area is 162 Å². The third-order valence-electron chi connectivity index (χ3n) is 6.01. The molecule has 7 nitrogen and oxygen atoms in total. The Kier molecular flexibility index (Phi) is 4.10. The van der Waals surface area contributed by atoms with Crippen LogP contribution in [0.3, 0.4) is 0 Å². The number of hydrazine groups is 1. The quantitative estimate of drug-likeness (QED) is 0.742. The van der Waals surface area contributed by atoms with Gasteiger partial charge >= 0.3 is 6.18 Å². The van der Waals surface area contributed by atoms with E-state index >= 15 is 0 Å². The van der Waals surface area contributed by atoms with E-state index in [1.54, 1.807) is 0 Å². The number of fused-ring (bicyclic) bond motifs is 5. The minimum Gasteiger partial charge on any atom is -0.391 e. The van der Waals surface area contributed by atoms with Gasteiger partial charge < -0.3 is 5.11 Å². The molecule has 6 atom stereocenters. The molecule has 28 heavy (non-hydrogen) atoms. The first kappa shape index (κ1) is 19.0. The first-order valence-electron chi connectivity index (χ1n) is 8.49. The fourth-order valence-electron chi connectivity index (χ4n) is 4.83. The monoisotopic (exact) mass is 414 g/mol. The summed E-state index contributed by atoms with van der Waals surface area (Å²) in [7, 11) is 1.30. The molecule has 0 aromatic carbocycles. The number of carbonyl (C=O) groups excluding carboxylic acids is 2. The lowest BCUT2D eigenvalue weighted by molar-refractivity contribution is -0.142. The van der Waals surface area contributed by atoms with Crippen LogP contribution in [0, 0.1) is 40.9 Å². The van der Waals surface area contributed by atoms with Gasteiger partial charge in [0.1, 0.15) is 0 Å². The number of aliphatic hydroxyl groups is 1. The van der Waals surface area contributed by atoms with Crippen LogP contribution < -0.4 is 5.01 Å². The molecule has 1 aromatic rings. The highest BCUT2D eigenvalue weighted by Gasteiger charge is 2.68. The van der Waals surface area contributed by atoms with Gasteiger partial charge in [-0.3, -0.25) is 14.6 Å². The van der Waals surface area contributed by atoms with Gasteiger partial charge in [-0.15, -0.1) is 0 Å². The number of hydrogen-bond acceptors (Lipinski definition) is 6. The van der Waals surface area contributed by atoms with Crippen molar-refractivity contribution in [2.24, 2.45) is 29.6 Å². The van der Waals surface area contributed by atoms with Crippen molar-refractivity contribution in [2.75, 3.05) is 12.1 Å². The molecule has 3 aliphatic rings. The molecule has 2 aliphatic carbocycles. The Morgan fingerprint density at radius 3 is 2.46 bits per heavy atom. The molecule has 4 rings (SSSR count). The largest absolute Gasteiger partial charge is 0.417 e. The molecular weight excluding hydrogens is 401 g/mol. The number of nitriles is 1. The summed E-state index contributed by atoms with van der Waals surface area (Å²) in [5, 5.41) is 21.0. The summed E-state index contributed by atoms with van der Waals surface area (Å²) in [5.41, 5.74) is -1.05. The van der Waals surface area contributed by atoms with Crippen molar-refractivity contribution in [3.05, 3.63) is 22.8 Å². The van der Waals surface area contributed by atoms with Crippen LogP contribution >= 0.6 is 11.6 Å². The van der Waals surface area contributed by atoms with Gasteiger partial charge in [0.2, 0.25) is 0 Å². The number of hydrogen-bond donors (Lipinski definition) is 1. The number of aromatic nitrogens is 1. The van der Waals surface area contributed by atoms with E-state index in [0.29, 0.717) is 18.7 Å². The van der Waals surface area contributed by atoms with E-state index < -0.39 is 59.2 Å². The van der Waals surface area contributed by atoms with Crippen molar-refractivity contribution in [2.45, 2.75) is 18.7 Å². The molecule has 0 radical (unpaired) electrons. The van der Waals surface area contributed by atoms with Gasteiger partial charge in [0.15, 0.2) is 5.82 Å². The van der Waals surface area contributed by atoms with E-state index in [-0.39, 0.29) is 10.8 Å². The van der Waals surface area contributed by atoms with Gasteiger partial charge in [-0.05, 0) is 24.3 Å². The van der Waals surface area contributed by atoms with Crippen molar-refractivity contribution >= 4 is 29.2 Å². The van der Waals surface area contributed by atoms with Gasteiger partial charge in [-0.2, -0.15) is 23.4 Å². The highest BCUT2D eigenvalue weighted by Crippen LogP contribution is 2.58. The number of imide groups is 1. The molecule has 2 bridgehead atoms. The van der Waals surface area contributed by atoms with Crippen molar-refractivity contribution in [1.29, 1.82) is 5.26 Å². The molecule has 1 aliphatic heterocycles. The maximum absolute atomic E-state index is 12.9. The van der Waals surface area contributed by atoms with E-state index in [9.17, 15) is 33.1 Å². The van der Waals surface area contributed by atoms with E-state index in [4.69, 9.17) is 11.6 Å². The van der Waals surface area contributed by atoms with Gasteiger partial charge in [-0.1, -0.05) is 11.6 Å². The molecule has 2 amide bonds. The highest BCUT2D eigenvalue weighted by atomic mass is 35.5. The summed E-state index contributed by atoms with van der Waals surface area (Å²) < 4.78 is 38.4. The summed E-state index contributed by atoms with van der Waals surface area (Å²) in [4.78, 5) is 29.5. The SMILES string of the molecule is CN(c1ncc(C(F)(F)F)cc1Cl)N1C(=O)[C@H]2[C@@H]3C[C@H]([C@@H](C#N)[C@H]3O)[C@@H]2C1=O. The lowest BCUT2D eigenvalue weighted by Crippen LogP contribution is -2.46. The molecule has 1 N–H and O–H groups in total. The molecule has 1 aromatic heterocycles. The second kappa shape index (κ2) is 6.06. The number of rotatable bonds is 2. The number of alkyl halides is 3. The summed E-state index contributed by atoms with van der Waals surface area (Å²) >= 11 is 5.93. The maximum atomic E-state index is 12.9. The summed E-state index contributed by atoms with van der Waals surface area (Å²) in [6, 6.07) is 2.68. The van der Waals surface area contributed by atoms with Gasteiger partial charge in [-0.25, -0.2) is 4.98 Å². The van der Waals surface area contributed by atoms with Crippen molar-refractivity contribution < 1.29 is 27.9 Å². The second-order valence-electron chi connectivity index (χ2n) is 7.30. The lowest BCUT2D eigenvalue weighted by atomic mass is 9.74. The van der Waals surface area contributed by atoms with E-state index in [2.05, 4.69) is 4.98 Å². The van der Waals surface area contributed by atoms with Crippen LogP contribution in [0.4, 0.5) is 19.0 Å². The van der Waals surface area contributed by atoms with Gasteiger partial charge in [0.25, 0.3) is 11.8 Å². The zero-order valence-electron chi connectivity index (χ0n) is 14.4. The minimum atomic E-state index is -4.63. The smallest absolute Gasteiger partial charge is 0.391 e. The molecular formula is C17H14ClF3N4O3. The van der Waals surface area contributed by atoms with Crippen molar-refractivity contribution in [3.63, 3.8) is 0 Å². The van der Waals surface area contributed by atoms with Crippen LogP contribution in [-0.4, -0.2) is 40.1 Å². The number of aliphatic hydroxyl groups excluding tert-OH is 1. The standard InChI is InChI=1S/C17H14ClF3N4O3/c1-24(14-10(18)2-6(5-23-14)17(19,20)21)25-15(27)11-7-3-8(12(11)16(25)28)13(26)9(7)4-22/h2,5,7-9,11-13,26H,3H2,1H3/t7-,8+,9-,11+,12+,13+/m1/s1. The summed E-state index contributed by atoms with van der Waals surface area (Å²) in [5.74, 6) is -4.45. The van der Waals surface area contributed by atoms with Crippen LogP contribution in [-0.2, 0) is 15.8 Å².